The van der Waals surface area contributed by atoms with Crippen LogP contribution in [-0.2, 0) is 6.18 Å². The Bertz CT molecular complexity index is 851. The highest BCUT2D eigenvalue weighted by atomic mass is 19.4. The molecule has 0 saturated carbocycles. The molecule has 0 aliphatic heterocycles. The molecule has 0 unspecified atom stereocenters. The molecule has 1 aromatic carbocycles. The Labute approximate surface area is 121 Å². The van der Waals surface area contributed by atoms with Crippen molar-refractivity contribution >= 4 is 0 Å². The summed E-state index contributed by atoms with van der Waals surface area (Å²) in [6.07, 6.45) is -3.09. The van der Waals surface area contributed by atoms with E-state index in [1.807, 2.05) is 0 Å². The maximum Gasteiger partial charge on any atom is 0.471 e. The van der Waals surface area contributed by atoms with Crippen LogP contribution >= 0.6 is 0 Å². The van der Waals surface area contributed by atoms with E-state index in [0.29, 0.717) is 11.3 Å². The Balaban J connectivity index is 1.94. The van der Waals surface area contributed by atoms with Gasteiger partial charge in [0.15, 0.2) is 0 Å². The Kier molecular flexibility index (Phi) is 3.28. The SMILES string of the molecule is O=c1ccccn1-c1ccc(-c2noc(C(F)(F)F)n2)cc1. The third-order valence-corrected chi connectivity index (χ3v) is 2.89. The molecule has 8 heteroatoms. The Hall–Kier alpha value is -2.90. The minimum Gasteiger partial charge on any atom is -0.329 e. The third-order valence-electron chi connectivity index (χ3n) is 2.89. The minimum atomic E-state index is -4.68. The van der Waals surface area contributed by atoms with Crippen molar-refractivity contribution in [3.05, 3.63) is 64.9 Å². The van der Waals surface area contributed by atoms with Crippen molar-refractivity contribution in [2.24, 2.45) is 0 Å². The van der Waals surface area contributed by atoms with Crippen LogP contribution in [-0.4, -0.2) is 14.7 Å². The van der Waals surface area contributed by atoms with Gasteiger partial charge in [0.05, 0.1) is 0 Å². The number of halogens is 3. The van der Waals surface area contributed by atoms with E-state index in [2.05, 4.69) is 14.7 Å². The van der Waals surface area contributed by atoms with Crippen molar-refractivity contribution < 1.29 is 17.7 Å². The zero-order valence-electron chi connectivity index (χ0n) is 10.9. The summed E-state index contributed by atoms with van der Waals surface area (Å²) in [5, 5.41) is 3.30. The molecule has 22 heavy (non-hydrogen) atoms. The number of nitrogens with zero attached hydrogens (tertiary/aromatic N) is 3. The lowest BCUT2D eigenvalue weighted by Gasteiger charge is -2.04. The molecule has 5 nitrogen and oxygen atoms in total. The van der Waals surface area contributed by atoms with Gasteiger partial charge in [-0.05, 0) is 30.3 Å². The lowest BCUT2D eigenvalue weighted by molar-refractivity contribution is -0.159. The second-order valence-corrected chi connectivity index (χ2v) is 4.38. The van der Waals surface area contributed by atoms with Gasteiger partial charge in [-0.2, -0.15) is 18.2 Å². The van der Waals surface area contributed by atoms with Gasteiger partial charge in [0.25, 0.3) is 5.56 Å². The molecule has 0 aliphatic rings. The predicted molar refractivity (Wildman–Crippen MR) is 70.3 cm³/mol. The largest absolute Gasteiger partial charge is 0.471 e. The molecule has 3 aromatic rings. The molecule has 0 aliphatic carbocycles. The molecule has 0 amide bonds. The number of benzene rings is 1. The molecule has 3 rings (SSSR count). The molecule has 2 aromatic heterocycles. The first kappa shape index (κ1) is 14.1. The van der Waals surface area contributed by atoms with E-state index in [0.717, 1.165) is 0 Å². The van der Waals surface area contributed by atoms with Gasteiger partial charge in [-0.1, -0.05) is 11.2 Å². The molecule has 0 saturated heterocycles. The third kappa shape index (κ3) is 2.62. The highest BCUT2D eigenvalue weighted by Crippen LogP contribution is 2.29. The fourth-order valence-corrected chi connectivity index (χ4v) is 1.87. The summed E-state index contributed by atoms with van der Waals surface area (Å²) in [6, 6.07) is 10.9. The maximum atomic E-state index is 12.4. The number of hydrogen-bond donors (Lipinski definition) is 0. The van der Waals surface area contributed by atoms with E-state index in [9.17, 15) is 18.0 Å². The first-order valence-electron chi connectivity index (χ1n) is 6.14. The predicted octanol–water partition coefficient (Wildman–Crippen LogP) is 2.91. The van der Waals surface area contributed by atoms with Gasteiger partial charge in [0.1, 0.15) is 0 Å². The van der Waals surface area contributed by atoms with Crippen molar-refractivity contribution in [3.8, 4) is 17.1 Å². The molecule has 2 heterocycles. The second-order valence-electron chi connectivity index (χ2n) is 4.38. The number of alkyl halides is 3. The second kappa shape index (κ2) is 5.14. The van der Waals surface area contributed by atoms with Gasteiger partial charge >= 0.3 is 12.1 Å². The fourth-order valence-electron chi connectivity index (χ4n) is 1.87. The van der Waals surface area contributed by atoms with Gasteiger partial charge in [-0.15, -0.1) is 0 Å². The molecule has 0 bridgehead atoms. The van der Waals surface area contributed by atoms with Gasteiger partial charge in [0, 0.05) is 23.5 Å². The van der Waals surface area contributed by atoms with E-state index in [1.165, 1.54) is 22.8 Å². The van der Waals surface area contributed by atoms with Crippen molar-refractivity contribution in [3.63, 3.8) is 0 Å². The topological polar surface area (TPSA) is 60.9 Å². The molecule has 0 atom stereocenters. The number of rotatable bonds is 2. The standard InChI is InChI=1S/C14H8F3N3O2/c15-14(16,17)13-18-12(19-22-13)9-4-6-10(7-5-9)20-8-2-1-3-11(20)21/h1-8H. The zero-order chi connectivity index (χ0) is 15.7. The lowest BCUT2D eigenvalue weighted by atomic mass is 10.2. The Morgan fingerprint density at radius 1 is 1.05 bits per heavy atom. The van der Waals surface area contributed by atoms with Crippen LogP contribution in [0.3, 0.4) is 0 Å². The van der Waals surface area contributed by atoms with E-state index in [-0.39, 0.29) is 11.4 Å². The summed E-state index contributed by atoms with van der Waals surface area (Å²) in [5.41, 5.74) is 0.718. The van der Waals surface area contributed by atoms with Gasteiger partial charge in [0.2, 0.25) is 5.82 Å². The van der Waals surface area contributed by atoms with Crippen LogP contribution in [0.5, 0.6) is 0 Å². The summed E-state index contributed by atoms with van der Waals surface area (Å²) in [6.45, 7) is 0. The van der Waals surface area contributed by atoms with Gasteiger partial charge in [-0.25, -0.2) is 0 Å². The van der Waals surface area contributed by atoms with Gasteiger partial charge < -0.3 is 4.52 Å². The van der Waals surface area contributed by atoms with Crippen LogP contribution in [0.4, 0.5) is 13.2 Å². The normalized spacial score (nSPS) is 11.6. The van der Waals surface area contributed by atoms with Crippen LogP contribution in [0, 0.1) is 0 Å². The van der Waals surface area contributed by atoms with Gasteiger partial charge in [-0.3, -0.25) is 9.36 Å². The molecule has 0 spiro atoms. The van der Waals surface area contributed by atoms with Crippen molar-refractivity contribution in [2.45, 2.75) is 6.18 Å². The van der Waals surface area contributed by atoms with Crippen molar-refractivity contribution in [2.75, 3.05) is 0 Å². The molecule has 0 radical (unpaired) electrons. The van der Waals surface area contributed by atoms with Crippen LogP contribution < -0.4 is 5.56 Å². The first-order valence-corrected chi connectivity index (χ1v) is 6.14. The molecular weight excluding hydrogens is 299 g/mol. The molecule has 112 valence electrons. The van der Waals surface area contributed by atoms with E-state index in [4.69, 9.17) is 0 Å². The molecule has 0 N–H and O–H groups in total. The smallest absolute Gasteiger partial charge is 0.329 e. The highest BCUT2D eigenvalue weighted by molar-refractivity contribution is 5.56. The number of aromatic nitrogens is 3. The quantitative estimate of drug-likeness (QED) is 0.730. The van der Waals surface area contributed by atoms with Crippen molar-refractivity contribution in [1.82, 2.24) is 14.7 Å². The summed E-state index contributed by atoms with van der Waals surface area (Å²) in [7, 11) is 0. The number of hydrogen-bond acceptors (Lipinski definition) is 4. The Morgan fingerprint density at radius 2 is 1.77 bits per heavy atom. The van der Waals surface area contributed by atoms with E-state index in [1.54, 1.807) is 30.5 Å². The number of pyridine rings is 1. The highest BCUT2D eigenvalue weighted by Gasteiger charge is 2.38. The van der Waals surface area contributed by atoms with Crippen LogP contribution in [0.2, 0.25) is 0 Å². The van der Waals surface area contributed by atoms with E-state index < -0.39 is 12.1 Å². The van der Waals surface area contributed by atoms with E-state index >= 15 is 0 Å². The summed E-state index contributed by atoms with van der Waals surface area (Å²) >= 11 is 0. The van der Waals surface area contributed by atoms with Crippen molar-refractivity contribution in [1.29, 1.82) is 0 Å². The average Bonchev–Trinajstić information content (AvgIpc) is 2.98. The van der Waals surface area contributed by atoms with Crippen LogP contribution in [0.25, 0.3) is 17.1 Å². The average molecular weight is 307 g/mol. The fraction of sp³-hybridized carbons (Fsp3) is 0.0714. The lowest BCUT2D eigenvalue weighted by Crippen LogP contribution is -2.15. The monoisotopic (exact) mass is 307 g/mol. The maximum absolute atomic E-state index is 12.4. The first-order chi connectivity index (χ1) is 10.4. The van der Waals surface area contributed by atoms with Crippen LogP contribution in [0.1, 0.15) is 5.89 Å². The Morgan fingerprint density at radius 3 is 2.36 bits per heavy atom. The summed E-state index contributed by atoms with van der Waals surface area (Å²) in [5.74, 6) is -1.56. The van der Waals surface area contributed by atoms with Crippen LogP contribution in [0.15, 0.2) is 58.0 Å². The molecular formula is C14H8F3N3O2. The zero-order valence-corrected chi connectivity index (χ0v) is 10.9. The summed E-state index contributed by atoms with van der Waals surface area (Å²) < 4.78 is 42.8. The summed E-state index contributed by atoms with van der Waals surface area (Å²) in [4.78, 5) is 15.0. The minimum absolute atomic E-state index is 0.167. The molecule has 0 fully saturated rings.